The number of nitrogens with one attached hydrogen (secondary N) is 1. The number of furan rings is 1. The van der Waals surface area contributed by atoms with Crippen LogP contribution in [-0.4, -0.2) is 24.6 Å². The van der Waals surface area contributed by atoms with Crippen molar-refractivity contribution in [1.29, 1.82) is 0 Å². The Hall–Kier alpha value is -2.73. The van der Waals surface area contributed by atoms with Crippen LogP contribution in [-0.2, 0) is 10.5 Å². The molecule has 4 rings (SSSR count). The summed E-state index contributed by atoms with van der Waals surface area (Å²) in [4.78, 5) is 26.9. The number of fused-ring (bicyclic) bond motifs is 1. The predicted molar refractivity (Wildman–Crippen MR) is 109 cm³/mol. The molecule has 0 unspecified atom stereocenters. The van der Waals surface area contributed by atoms with Gasteiger partial charge in [0.2, 0.25) is 5.91 Å². The minimum atomic E-state index is -0.297. The van der Waals surface area contributed by atoms with Gasteiger partial charge in [-0.05, 0) is 30.9 Å². The molecule has 0 atom stereocenters. The van der Waals surface area contributed by atoms with E-state index < -0.39 is 0 Å². The number of amides is 2. The summed E-state index contributed by atoms with van der Waals surface area (Å²) in [5.41, 5.74) is 2.95. The van der Waals surface area contributed by atoms with E-state index in [1.165, 1.54) is 0 Å². The Labute approximate surface area is 161 Å². The molecule has 1 aromatic heterocycles. The lowest BCUT2D eigenvalue weighted by atomic mass is 10.1. The molecule has 1 fully saturated rings. The second-order valence-corrected chi connectivity index (χ2v) is 7.33. The first-order valence-electron chi connectivity index (χ1n) is 8.89. The minimum absolute atomic E-state index is 0.0866. The molecule has 27 heavy (non-hydrogen) atoms. The summed E-state index contributed by atoms with van der Waals surface area (Å²) < 4.78 is 5.87. The number of hydrogen-bond donors (Lipinski definition) is 1. The molecule has 5 nitrogen and oxygen atoms in total. The quantitative estimate of drug-likeness (QED) is 0.698. The minimum Gasteiger partial charge on any atom is -0.451 e. The van der Waals surface area contributed by atoms with Crippen LogP contribution in [0, 0.1) is 0 Å². The monoisotopic (exact) mass is 380 g/mol. The maximum Gasteiger partial charge on any atom is 0.291 e. The molecule has 0 aliphatic carbocycles. The Morgan fingerprint density at radius 3 is 2.74 bits per heavy atom. The van der Waals surface area contributed by atoms with Gasteiger partial charge in [0.25, 0.3) is 5.91 Å². The Balaban J connectivity index is 1.69. The van der Waals surface area contributed by atoms with Crippen LogP contribution in [0.2, 0.25) is 0 Å². The molecule has 0 bridgehead atoms. The Morgan fingerprint density at radius 2 is 1.96 bits per heavy atom. The first-order chi connectivity index (χ1) is 13.2. The van der Waals surface area contributed by atoms with Crippen LogP contribution < -0.4 is 10.2 Å². The maximum absolute atomic E-state index is 13.0. The molecule has 1 N–H and O–H groups in total. The van der Waals surface area contributed by atoms with Crippen LogP contribution in [0.3, 0.4) is 0 Å². The summed E-state index contributed by atoms with van der Waals surface area (Å²) in [5, 5.41) is 3.91. The van der Waals surface area contributed by atoms with Gasteiger partial charge in [-0.15, -0.1) is 0 Å². The number of carbonyl (C=O) groups excluding carboxylic acids is 2. The SMILES string of the molecule is CSCc1c(C(=O)Nc2ccccc2N2CCCC2=O)oc2ccccc12. The van der Waals surface area contributed by atoms with E-state index >= 15 is 0 Å². The number of nitrogens with zero attached hydrogens (tertiary/aromatic N) is 1. The molecule has 138 valence electrons. The standard InChI is InChI=1S/C21H20N2O3S/c1-27-13-15-14-7-2-5-10-18(14)26-20(15)21(25)22-16-8-3-4-9-17(16)23-12-6-11-19(23)24/h2-5,7-10H,6,11-13H2,1H3,(H,22,25). The fourth-order valence-electron chi connectivity index (χ4n) is 3.47. The molecule has 1 saturated heterocycles. The van der Waals surface area contributed by atoms with Crippen LogP contribution in [0.5, 0.6) is 0 Å². The molecule has 6 heteroatoms. The Kier molecular flexibility index (Phi) is 4.90. The van der Waals surface area contributed by atoms with E-state index in [0.29, 0.717) is 35.7 Å². The molecule has 2 aromatic carbocycles. The van der Waals surface area contributed by atoms with Crippen molar-refractivity contribution in [3.63, 3.8) is 0 Å². The molecule has 0 spiro atoms. The zero-order valence-electron chi connectivity index (χ0n) is 15.0. The van der Waals surface area contributed by atoms with Crippen molar-refractivity contribution in [3.05, 3.63) is 59.9 Å². The van der Waals surface area contributed by atoms with Crippen molar-refractivity contribution in [2.45, 2.75) is 18.6 Å². The van der Waals surface area contributed by atoms with Gasteiger partial charge in [-0.2, -0.15) is 11.8 Å². The number of carbonyl (C=O) groups is 2. The lowest BCUT2D eigenvalue weighted by Crippen LogP contribution is -2.25. The van der Waals surface area contributed by atoms with Crippen LogP contribution in [0.25, 0.3) is 11.0 Å². The summed E-state index contributed by atoms with van der Waals surface area (Å²) in [6.07, 6.45) is 3.38. The zero-order chi connectivity index (χ0) is 18.8. The third kappa shape index (κ3) is 3.32. The van der Waals surface area contributed by atoms with E-state index in [1.807, 2.05) is 54.8 Å². The highest BCUT2D eigenvalue weighted by Gasteiger charge is 2.26. The predicted octanol–water partition coefficient (Wildman–Crippen LogP) is 4.67. The highest BCUT2D eigenvalue weighted by atomic mass is 32.2. The number of hydrogen-bond acceptors (Lipinski definition) is 4. The van der Waals surface area contributed by atoms with E-state index in [0.717, 1.165) is 23.1 Å². The van der Waals surface area contributed by atoms with Crippen LogP contribution in [0.1, 0.15) is 29.0 Å². The van der Waals surface area contributed by atoms with Crippen molar-refractivity contribution in [1.82, 2.24) is 0 Å². The van der Waals surface area contributed by atoms with Crippen molar-refractivity contribution in [2.75, 3.05) is 23.0 Å². The lowest BCUT2D eigenvalue weighted by molar-refractivity contribution is -0.117. The molecule has 0 saturated carbocycles. The van der Waals surface area contributed by atoms with E-state index in [9.17, 15) is 9.59 Å². The van der Waals surface area contributed by atoms with Gasteiger partial charge in [0.1, 0.15) is 5.58 Å². The first kappa shape index (κ1) is 17.7. The van der Waals surface area contributed by atoms with Crippen molar-refractivity contribution < 1.29 is 14.0 Å². The second-order valence-electron chi connectivity index (χ2n) is 6.46. The molecular weight excluding hydrogens is 360 g/mol. The van der Waals surface area contributed by atoms with Gasteiger partial charge >= 0.3 is 0 Å². The molecule has 0 radical (unpaired) electrons. The number of anilines is 2. The molecular formula is C21H20N2O3S. The zero-order valence-corrected chi connectivity index (χ0v) is 15.8. The molecule has 1 aliphatic heterocycles. The van der Waals surface area contributed by atoms with Gasteiger partial charge in [0.15, 0.2) is 5.76 Å². The summed E-state index contributed by atoms with van der Waals surface area (Å²) >= 11 is 1.64. The van der Waals surface area contributed by atoms with E-state index in [-0.39, 0.29) is 11.8 Å². The Bertz CT molecular complexity index is 1010. The van der Waals surface area contributed by atoms with Crippen LogP contribution in [0.4, 0.5) is 11.4 Å². The van der Waals surface area contributed by atoms with Crippen molar-refractivity contribution in [3.8, 4) is 0 Å². The number of rotatable bonds is 5. The average Bonchev–Trinajstić information content (AvgIpc) is 3.27. The Morgan fingerprint density at radius 1 is 1.19 bits per heavy atom. The summed E-state index contributed by atoms with van der Waals surface area (Å²) in [6, 6.07) is 15.1. The maximum atomic E-state index is 13.0. The molecule has 3 aromatic rings. The molecule has 2 heterocycles. The first-order valence-corrected chi connectivity index (χ1v) is 10.3. The normalized spacial score (nSPS) is 14.1. The third-order valence-corrected chi connectivity index (χ3v) is 5.29. The fraction of sp³-hybridized carbons (Fsp3) is 0.238. The summed E-state index contributed by atoms with van der Waals surface area (Å²) in [5.74, 6) is 0.803. The van der Waals surface area contributed by atoms with Gasteiger partial charge in [0.05, 0.1) is 11.4 Å². The lowest BCUT2D eigenvalue weighted by Gasteiger charge is -2.19. The second kappa shape index (κ2) is 7.48. The van der Waals surface area contributed by atoms with E-state index in [2.05, 4.69) is 5.32 Å². The van der Waals surface area contributed by atoms with Gasteiger partial charge in [-0.3, -0.25) is 9.59 Å². The number of para-hydroxylation sites is 3. The van der Waals surface area contributed by atoms with E-state index in [1.54, 1.807) is 16.7 Å². The fourth-order valence-corrected chi connectivity index (χ4v) is 4.04. The van der Waals surface area contributed by atoms with Crippen LogP contribution in [0.15, 0.2) is 52.9 Å². The topological polar surface area (TPSA) is 62.6 Å². The third-order valence-electron chi connectivity index (χ3n) is 4.71. The summed E-state index contributed by atoms with van der Waals surface area (Å²) in [7, 11) is 0. The summed E-state index contributed by atoms with van der Waals surface area (Å²) in [6.45, 7) is 0.675. The van der Waals surface area contributed by atoms with Gasteiger partial charge < -0.3 is 14.6 Å². The van der Waals surface area contributed by atoms with Gasteiger partial charge in [-0.25, -0.2) is 0 Å². The van der Waals surface area contributed by atoms with Crippen molar-refractivity contribution >= 4 is 45.9 Å². The molecule has 2 amide bonds. The van der Waals surface area contributed by atoms with Crippen LogP contribution >= 0.6 is 11.8 Å². The van der Waals surface area contributed by atoms with E-state index in [4.69, 9.17) is 4.42 Å². The number of thioether (sulfide) groups is 1. The number of benzene rings is 2. The van der Waals surface area contributed by atoms with Gasteiger partial charge in [-0.1, -0.05) is 30.3 Å². The smallest absolute Gasteiger partial charge is 0.291 e. The highest BCUT2D eigenvalue weighted by Crippen LogP contribution is 2.32. The molecule has 1 aliphatic rings. The van der Waals surface area contributed by atoms with Gasteiger partial charge in [0, 0.05) is 29.7 Å². The average molecular weight is 380 g/mol. The highest BCUT2D eigenvalue weighted by molar-refractivity contribution is 7.97. The largest absolute Gasteiger partial charge is 0.451 e. The van der Waals surface area contributed by atoms with Crippen molar-refractivity contribution in [2.24, 2.45) is 0 Å².